The second kappa shape index (κ2) is 8.17. The summed E-state index contributed by atoms with van der Waals surface area (Å²) < 4.78 is 30.8. The Morgan fingerprint density at radius 2 is 1.46 bits per heavy atom. The van der Waals surface area contributed by atoms with Crippen LogP contribution in [0.2, 0.25) is 0 Å². The highest BCUT2D eigenvalue weighted by Gasteiger charge is 2.30. The molecule has 0 aliphatic carbocycles. The van der Waals surface area contributed by atoms with E-state index in [1.54, 1.807) is 12.1 Å². The first-order valence-electron chi connectivity index (χ1n) is 8.00. The van der Waals surface area contributed by atoms with Gasteiger partial charge >= 0.3 is 5.97 Å². The lowest BCUT2D eigenvalue weighted by atomic mass is 10.1. The highest BCUT2D eigenvalue weighted by Crippen LogP contribution is 2.17. The Balaban J connectivity index is 2.21. The number of methoxy groups -OCH3 is 1. The molecule has 0 aromatic heterocycles. The van der Waals surface area contributed by atoms with E-state index in [1.165, 1.54) is 33.2 Å². The first kappa shape index (κ1) is 19.7. The van der Waals surface area contributed by atoms with Gasteiger partial charge in [0.05, 0.1) is 12.0 Å². The minimum atomic E-state index is -3.80. The molecule has 0 radical (unpaired) electrons. The molecule has 2 aromatic rings. The SMILES string of the molecule is COC(=O)[C@@H](C)N(C)S(=O)(=O)c1ccc(C#Cc2ccc(C)cc2)cc1. The summed E-state index contributed by atoms with van der Waals surface area (Å²) >= 11 is 0. The normalized spacial score (nSPS) is 12.2. The number of ether oxygens (including phenoxy) is 1. The largest absolute Gasteiger partial charge is 0.468 e. The fourth-order valence-electron chi connectivity index (χ4n) is 2.18. The summed E-state index contributed by atoms with van der Waals surface area (Å²) in [7, 11) is -1.23. The second-order valence-electron chi connectivity index (χ2n) is 5.86. The Hall–Kier alpha value is -2.62. The fraction of sp³-hybridized carbons (Fsp3) is 0.250. The number of nitrogens with zero attached hydrogens (tertiary/aromatic N) is 1. The Labute approximate surface area is 154 Å². The Morgan fingerprint density at radius 3 is 1.92 bits per heavy atom. The van der Waals surface area contributed by atoms with E-state index in [9.17, 15) is 13.2 Å². The molecular weight excluding hydrogens is 350 g/mol. The van der Waals surface area contributed by atoms with Gasteiger partial charge in [-0.2, -0.15) is 4.31 Å². The zero-order chi connectivity index (χ0) is 19.3. The van der Waals surface area contributed by atoms with Gasteiger partial charge in [0.1, 0.15) is 6.04 Å². The summed E-state index contributed by atoms with van der Waals surface area (Å²) in [5.74, 6) is 5.43. The summed E-state index contributed by atoms with van der Waals surface area (Å²) in [4.78, 5) is 11.7. The van der Waals surface area contributed by atoms with Crippen LogP contribution in [0.4, 0.5) is 0 Å². The molecule has 2 aromatic carbocycles. The van der Waals surface area contributed by atoms with E-state index in [2.05, 4.69) is 16.6 Å². The van der Waals surface area contributed by atoms with Gasteiger partial charge in [0.25, 0.3) is 0 Å². The summed E-state index contributed by atoms with van der Waals surface area (Å²) in [6.45, 7) is 3.49. The van der Waals surface area contributed by atoms with E-state index in [1.807, 2.05) is 31.2 Å². The van der Waals surface area contributed by atoms with Crippen LogP contribution in [-0.4, -0.2) is 38.9 Å². The molecule has 26 heavy (non-hydrogen) atoms. The van der Waals surface area contributed by atoms with Gasteiger partial charge in [0.15, 0.2) is 0 Å². The van der Waals surface area contributed by atoms with Crippen molar-refractivity contribution in [2.24, 2.45) is 0 Å². The predicted molar refractivity (Wildman–Crippen MR) is 100 cm³/mol. The van der Waals surface area contributed by atoms with Crippen LogP contribution in [0.3, 0.4) is 0 Å². The molecule has 1 atom stereocenters. The molecule has 0 aliphatic rings. The predicted octanol–water partition coefficient (Wildman–Crippen LogP) is 2.58. The number of carbonyl (C=O) groups excluding carboxylic acids is 1. The van der Waals surface area contributed by atoms with Crippen molar-refractivity contribution in [3.05, 3.63) is 65.2 Å². The number of sulfonamides is 1. The maximum atomic E-state index is 12.6. The van der Waals surface area contributed by atoms with Crippen LogP contribution in [0.25, 0.3) is 0 Å². The number of likely N-dealkylation sites (N-methyl/N-ethyl adjacent to an activating group) is 1. The third kappa shape index (κ3) is 4.51. The molecule has 0 unspecified atom stereocenters. The fourth-order valence-corrected chi connectivity index (χ4v) is 3.50. The van der Waals surface area contributed by atoms with Gasteiger partial charge in [-0.15, -0.1) is 0 Å². The molecule has 0 N–H and O–H groups in total. The molecule has 5 nitrogen and oxygen atoms in total. The van der Waals surface area contributed by atoms with Crippen LogP contribution < -0.4 is 0 Å². The number of rotatable bonds is 4. The third-order valence-electron chi connectivity index (χ3n) is 4.02. The molecule has 0 fully saturated rings. The van der Waals surface area contributed by atoms with Gasteiger partial charge in [-0.25, -0.2) is 8.42 Å². The number of benzene rings is 2. The van der Waals surface area contributed by atoms with Crippen LogP contribution in [0, 0.1) is 18.8 Å². The van der Waals surface area contributed by atoms with Gasteiger partial charge in [-0.1, -0.05) is 29.5 Å². The Bertz CT molecular complexity index is 936. The molecular formula is C20H21NO4S. The van der Waals surface area contributed by atoms with E-state index in [0.717, 1.165) is 15.4 Å². The molecule has 0 amide bonds. The maximum Gasteiger partial charge on any atom is 0.323 e. The minimum absolute atomic E-state index is 0.0941. The second-order valence-corrected chi connectivity index (χ2v) is 7.86. The van der Waals surface area contributed by atoms with Crippen molar-refractivity contribution in [3.8, 4) is 11.8 Å². The molecule has 0 bridgehead atoms. The van der Waals surface area contributed by atoms with Crippen molar-refractivity contribution >= 4 is 16.0 Å². The molecule has 0 spiro atoms. The van der Waals surface area contributed by atoms with Crippen LogP contribution in [-0.2, 0) is 19.6 Å². The van der Waals surface area contributed by atoms with Crippen LogP contribution in [0.1, 0.15) is 23.6 Å². The summed E-state index contributed by atoms with van der Waals surface area (Å²) in [6, 6.07) is 13.2. The van der Waals surface area contributed by atoms with Crippen molar-refractivity contribution in [1.82, 2.24) is 4.31 Å². The molecule has 2 rings (SSSR count). The molecule has 0 saturated carbocycles. The summed E-state index contributed by atoms with van der Waals surface area (Å²) in [5, 5.41) is 0. The van der Waals surface area contributed by atoms with Crippen molar-refractivity contribution in [2.45, 2.75) is 24.8 Å². The van der Waals surface area contributed by atoms with Crippen molar-refractivity contribution in [2.75, 3.05) is 14.2 Å². The lowest BCUT2D eigenvalue weighted by Gasteiger charge is -2.22. The van der Waals surface area contributed by atoms with E-state index < -0.39 is 22.0 Å². The lowest BCUT2D eigenvalue weighted by molar-refractivity contribution is -0.144. The van der Waals surface area contributed by atoms with Gasteiger partial charge < -0.3 is 4.74 Å². The van der Waals surface area contributed by atoms with Crippen LogP contribution in [0.5, 0.6) is 0 Å². The van der Waals surface area contributed by atoms with E-state index in [-0.39, 0.29) is 4.90 Å². The molecule has 0 heterocycles. The van der Waals surface area contributed by atoms with E-state index >= 15 is 0 Å². The summed E-state index contributed by atoms with van der Waals surface area (Å²) in [6.07, 6.45) is 0. The number of carbonyl (C=O) groups is 1. The highest BCUT2D eigenvalue weighted by atomic mass is 32.2. The first-order chi connectivity index (χ1) is 12.3. The average molecular weight is 371 g/mol. The van der Waals surface area contributed by atoms with Crippen molar-refractivity contribution < 1.29 is 17.9 Å². The topological polar surface area (TPSA) is 63.7 Å². The zero-order valence-electron chi connectivity index (χ0n) is 15.2. The number of hydrogen-bond acceptors (Lipinski definition) is 4. The third-order valence-corrected chi connectivity index (χ3v) is 5.96. The smallest absolute Gasteiger partial charge is 0.323 e. The van der Waals surface area contributed by atoms with Gasteiger partial charge in [-0.3, -0.25) is 4.79 Å². The lowest BCUT2D eigenvalue weighted by Crippen LogP contribution is -2.40. The van der Waals surface area contributed by atoms with E-state index in [0.29, 0.717) is 5.56 Å². The minimum Gasteiger partial charge on any atom is -0.468 e. The van der Waals surface area contributed by atoms with E-state index in [4.69, 9.17) is 0 Å². The first-order valence-corrected chi connectivity index (χ1v) is 9.44. The summed E-state index contributed by atoms with van der Waals surface area (Å²) in [5.41, 5.74) is 2.75. The van der Waals surface area contributed by atoms with Crippen LogP contribution in [0.15, 0.2) is 53.4 Å². The quantitative estimate of drug-likeness (QED) is 0.612. The van der Waals surface area contributed by atoms with Gasteiger partial charge in [0, 0.05) is 18.2 Å². The standard InChI is InChI=1S/C20H21NO4S/c1-15-5-7-17(8-6-15)9-10-18-11-13-19(14-12-18)26(23,24)21(3)16(2)20(22)25-4/h5-8,11-14,16H,1-4H3/t16-/m1/s1. The van der Waals surface area contributed by atoms with Gasteiger partial charge in [-0.05, 0) is 50.2 Å². The molecule has 136 valence electrons. The molecule has 0 aliphatic heterocycles. The number of esters is 1. The van der Waals surface area contributed by atoms with Crippen LogP contribution >= 0.6 is 0 Å². The zero-order valence-corrected chi connectivity index (χ0v) is 16.0. The number of aryl methyl sites for hydroxylation is 1. The average Bonchev–Trinajstić information content (AvgIpc) is 2.66. The van der Waals surface area contributed by atoms with Gasteiger partial charge in [0.2, 0.25) is 10.0 Å². The van der Waals surface area contributed by atoms with Crippen molar-refractivity contribution in [1.29, 1.82) is 0 Å². The monoisotopic (exact) mass is 371 g/mol. The Morgan fingerprint density at radius 1 is 1.00 bits per heavy atom. The number of hydrogen-bond donors (Lipinski definition) is 0. The maximum absolute atomic E-state index is 12.6. The highest BCUT2D eigenvalue weighted by molar-refractivity contribution is 7.89. The van der Waals surface area contributed by atoms with Crippen molar-refractivity contribution in [3.63, 3.8) is 0 Å². The molecule has 0 saturated heterocycles. The molecule has 6 heteroatoms. The Kier molecular flexibility index (Phi) is 6.19.